The monoisotopic (exact) mass is 1010 g/mol. The molecule has 382 valence electrons. The van der Waals surface area contributed by atoms with Crippen molar-refractivity contribution in [1.29, 1.82) is 0 Å². The molecular formula is C50H58ClFN10O10. The van der Waals surface area contributed by atoms with E-state index in [2.05, 4.69) is 41.0 Å². The van der Waals surface area contributed by atoms with Gasteiger partial charge in [-0.05, 0) is 68.8 Å². The van der Waals surface area contributed by atoms with Crippen LogP contribution in [0.25, 0.3) is 10.9 Å². The summed E-state index contributed by atoms with van der Waals surface area (Å²) in [5.41, 5.74) is 2.42. The Morgan fingerprint density at radius 2 is 1.61 bits per heavy atom. The van der Waals surface area contributed by atoms with Gasteiger partial charge in [0.05, 0.1) is 80.5 Å². The zero-order chi connectivity index (χ0) is 50.6. The quantitative estimate of drug-likeness (QED) is 0.0491. The molecule has 4 N–H and O–H groups in total. The van der Waals surface area contributed by atoms with Gasteiger partial charge in [0, 0.05) is 80.6 Å². The van der Waals surface area contributed by atoms with E-state index in [1.165, 1.54) is 31.6 Å². The lowest BCUT2D eigenvalue weighted by Gasteiger charge is -2.42. The number of benzene rings is 3. The summed E-state index contributed by atoms with van der Waals surface area (Å²) in [7, 11) is 1.51. The number of carbonyl (C=O) groups excluding carboxylic acids is 6. The van der Waals surface area contributed by atoms with Crippen LogP contribution < -0.4 is 26.0 Å². The fourth-order valence-electron chi connectivity index (χ4n) is 9.23. The Morgan fingerprint density at radius 1 is 0.861 bits per heavy atom. The Morgan fingerprint density at radius 3 is 2.35 bits per heavy atom. The Kier molecular flexibility index (Phi) is 17.7. The van der Waals surface area contributed by atoms with E-state index in [-0.39, 0.29) is 40.8 Å². The highest BCUT2D eigenvalue weighted by atomic mass is 35.5. The first-order valence-corrected chi connectivity index (χ1v) is 24.4. The number of ether oxygens (including phenoxy) is 4. The van der Waals surface area contributed by atoms with E-state index < -0.39 is 35.5 Å². The van der Waals surface area contributed by atoms with Crippen molar-refractivity contribution >= 4 is 80.8 Å². The van der Waals surface area contributed by atoms with Crippen molar-refractivity contribution in [3.8, 4) is 5.75 Å². The predicted molar refractivity (Wildman–Crippen MR) is 265 cm³/mol. The number of anilines is 4. The van der Waals surface area contributed by atoms with E-state index >= 15 is 0 Å². The maximum atomic E-state index is 13.7. The first kappa shape index (κ1) is 51.7. The van der Waals surface area contributed by atoms with Gasteiger partial charge in [-0.15, -0.1) is 0 Å². The molecule has 8 rings (SSSR count). The van der Waals surface area contributed by atoms with Gasteiger partial charge in [0.1, 0.15) is 29.8 Å². The Bertz CT molecular complexity index is 2680. The molecule has 4 aromatic rings. The average Bonchev–Trinajstić information content (AvgIpc) is 3.64. The number of imide groups is 2. The third-order valence-corrected chi connectivity index (χ3v) is 13.3. The predicted octanol–water partition coefficient (Wildman–Crippen LogP) is 4.23. The molecular weight excluding hydrogens is 955 g/mol. The summed E-state index contributed by atoms with van der Waals surface area (Å²) in [6, 6.07) is 12.0. The van der Waals surface area contributed by atoms with Gasteiger partial charge < -0.3 is 39.8 Å². The van der Waals surface area contributed by atoms with E-state index in [1.54, 1.807) is 36.4 Å². The highest BCUT2D eigenvalue weighted by Gasteiger charge is 2.45. The van der Waals surface area contributed by atoms with Crippen LogP contribution in [0, 0.1) is 5.82 Å². The van der Waals surface area contributed by atoms with Crippen LogP contribution in [0.4, 0.5) is 27.3 Å². The van der Waals surface area contributed by atoms with Gasteiger partial charge in [-0.25, -0.2) is 14.4 Å². The molecule has 0 spiro atoms. The lowest BCUT2D eigenvalue weighted by Crippen LogP contribution is -2.54. The summed E-state index contributed by atoms with van der Waals surface area (Å²) in [6.07, 6.45) is 7.22. The second-order valence-electron chi connectivity index (χ2n) is 17.6. The Hall–Kier alpha value is -6.62. The van der Waals surface area contributed by atoms with Crippen LogP contribution in [-0.2, 0) is 33.4 Å². The molecule has 0 aliphatic carbocycles. The van der Waals surface area contributed by atoms with E-state index in [0.29, 0.717) is 118 Å². The van der Waals surface area contributed by atoms with Crippen molar-refractivity contribution in [2.24, 2.45) is 0 Å². The SMILES string of the molecule is COc1cc2ncnc(Nc3ccc(F)c(Cl)c3)c2cc1NC(=O)/C=C/CN1CCC(N2CCN(C(=O)CCOCCOCCOCCNc3cccc4c3C(=O)N(C3CCC(=O)NC3=O)C4=O)CC2)CC1. The molecule has 5 heterocycles. The second kappa shape index (κ2) is 24.7. The van der Waals surface area contributed by atoms with Gasteiger partial charge in [0.15, 0.2) is 0 Å². The molecule has 3 saturated heterocycles. The van der Waals surface area contributed by atoms with Gasteiger partial charge in [0.2, 0.25) is 23.6 Å². The molecule has 72 heavy (non-hydrogen) atoms. The van der Waals surface area contributed by atoms with Crippen molar-refractivity contribution in [3.05, 3.63) is 89.0 Å². The zero-order valence-electron chi connectivity index (χ0n) is 40.0. The molecule has 20 nitrogen and oxygen atoms in total. The molecule has 0 bridgehead atoms. The highest BCUT2D eigenvalue weighted by Crippen LogP contribution is 2.35. The molecule has 0 radical (unpaired) electrons. The minimum atomic E-state index is -1.03. The van der Waals surface area contributed by atoms with Crippen molar-refractivity contribution < 1.29 is 52.1 Å². The highest BCUT2D eigenvalue weighted by molar-refractivity contribution is 6.31. The van der Waals surface area contributed by atoms with Crippen LogP contribution in [0.3, 0.4) is 0 Å². The molecule has 4 aliphatic heterocycles. The molecule has 1 aromatic heterocycles. The lowest BCUT2D eigenvalue weighted by molar-refractivity contribution is -0.136. The van der Waals surface area contributed by atoms with Crippen molar-refractivity contribution in [2.75, 3.05) is 115 Å². The van der Waals surface area contributed by atoms with Crippen LogP contribution in [0.2, 0.25) is 5.02 Å². The van der Waals surface area contributed by atoms with E-state index in [1.807, 2.05) is 11.0 Å². The van der Waals surface area contributed by atoms with Crippen molar-refractivity contribution in [3.63, 3.8) is 0 Å². The minimum Gasteiger partial charge on any atom is -0.494 e. The summed E-state index contributed by atoms with van der Waals surface area (Å²) in [5.74, 6) is -2.10. The number of rotatable bonds is 22. The Labute approximate surface area is 420 Å². The number of nitrogens with one attached hydrogen (secondary N) is 4. The summed E-state index contributed by atoms with van der Waals surface area (Å²) in [5, 5.41) is 12.0. The van der Waals surface area contributed by atoms with Crippen LogP contribution in [0.5, 0.6) is 5.75 Å². The van der Waals surface area contributed by atoms with Crippen LogP contribution >= 0.6 is 11.6 Å². The molecule has 3 aromatic carbocycles. The van der Waals surface area contributed by atoms with Crippen molar-refractivity contribution in [1.82, 2.24) is 34.9 Å². The number of nitrogens with zero attached hydrogens (tertiary/aromatic N) is 6. The number of amides is 6. The topological polar surface area (TPSA) is 226 Å². The van der Waals surface area contributed by atoms with Gasteiger partial charge in [0.25, 0.3) is 11.8 Å². The first-order chi connectivity index (χ1) is 35.0. The summed E-state index contributed by atoms with van der Waals surface area (Å²) in [6.45, 7) is 7.80. The third kappa shape index (κ3) is 12.9. The minimum absolute atomic E-state index is 0.0259. The third-order valence-electron chi connectivity index (χ3n) is 13.0. The van der Waals surface area contributed by atoms with Crippen LogP contribution in [0.1, 0.15) is 52.8 Å². The number of methoxy groups -OCH3 is 1. The van der Waals surface area contributed by atoms with Crippen LogP contribution in [-0.4, -0.2) is 176 Å². The number of fused-ring (bicyclic) bond motifs is 2. The molecule has 22 heteroatoms. The number of carbonyl (C=O) groups is 6. The maximum Gasteiger partial charge on any atom is 0.264 e. The van der Waals surface area contributed by atoms with E-state index in [0.717, 1.165) is 43.9 Å². The maximum absolute atomic E-state index is 13.7. The molecule has 0 saturated carbocycles. The largest absolute Gasteiger partial charge is 0.494 e. The number of piperidine rings is 2. The first-order valence-electron chi connectivity index (χ1n) is 24.1. The standard InChI is InChI=1S/C50H58ClFN10O10/c1-69-42-30-39-35(47(55-31-54-39)56-32-7-8-37(52)36(51)28-32)29-40(42)57-43(63)6-3-15-59-16-11-33(12-17-59)60-18-20-61(21-19-60)45(65)13-22-70-24-26-72-27-25-71-23-14-53-38-5-2-4-34-46(38)50(68)62(49(34)67)41-9-10-44(64)58-48(41)66/h2-8,28-31,33,41,53H,9-27H2,1H3,(H,57,63)(H,54,55,56)(H,58,64,66)/b6-3+. The Balaban J connectivity index is 0.650. The van der Waals surface area contributed by atoms with Crippen molar-refractivity contribution in [2.45, 2.75) is 44.2 Å². The van der Waals surface area contributed by atoms with Gasteiger partial charge in [-0.2, -0.15) is 0 Å². The summed E-state index contributed by atoms with van der Waals surface area (Å²) >= 11 is 5.97. The number of piperazine rings is 1. The van der Waals surface area contributed by atoms with Gasteiger partial charge >= 0.3 is 0 Å². The number of halogens is 2. The molecule has 1 atom stereocenters. The second-order valence-corrected chi connectivity index (χ2v) is 18.0. The molecule has 6 amide bonds. The average molecular weight is 1010 g/mol. The van der Waals surface area contributed by atoms with E-state index in [4.69, 9.17) is 30.5 Å². The molecule has 1 unspecified atom stereocenters. The number of hydrogen-bond donors (Lipinski definition) is 4. The fraction of sp³-hybridized carbons (Fsp3) is 0.440. The number of hydrogen-bond acceptors (Lipinski definition) is 16. The number of likely N-dealkylation sites (tertiary alicyclic amines) is 1. The molecule has 3 fully saturated rings. The fourth-order valence-corrected chi connectivity index (χ4v) is 9.41. The smallest absolute Gasteiger partial charge is 0.264 e. The summed E-state index contributed by atoms with van der Waals surface area (Å²) < 4.78 is 36.2. The van der Waals surface area contributed by atoms with E-state index in [9.17, 15) is 33.2 Å². The molecule has 4 aliphatic rings. The van der Waals surface area contributed by atoms with Gasteiger partial charge in [-0.1, -0.05) is 23.7 Å². The zero-order valence-corrected chi connectivity index (χ0v) is 40.7. The number of aromatic nitrogens is 2. The van der Waals surface area contributed by atoms with Gasteiger partial charge in [-0.3, -0.25) is 48.8 Å². The summed E-state index contributed by atoms with van der Waals surface area (Å²) in [4.78, 5) is 92.6. The lowest BCUT2D eigenvalue weighted by atomic mass is 10.0. The van der Waals surface area contributed by atoms with Crippen LogP contribution in [0.15, 0.2) is 67.0 Å². The normalized spacial score (nSPS) is 18.0.